The normalized spacial score (nSPS) is 17.6. The molecule has 0 aliphatic carbocycles. The number of rotatable bonds is 6. The van der Waals surface area contributed by atoms with Crippen molar-refractivity contribution in [2.45, 2.75) is 53.0 Å². The van der Waals surface area contributed by atoms with Crippen LogP contribution in [0.4, 0.5) is 0 Å². The van der Waals surface area contributed by atoms with Crippen molar-refractivity contribution >= 4 is 17.8 Å². The fourth-order valence-corrected chi connectivity index (χ4v) is 2.71. The summed E-state index contributed by atoms with van der Waals surface area (Å²) in [5.41, 5.74) is 0. The number of hydrogen-bond donors (Lipinski definition) is 2. The molecule has 1 fully saturated rings. The molecule has 2 N–H and O–H groups in total. The summed E-state index contributed by atoms with van der Waals surface area (Å²) in [5.74, 6) is -1.12. The molecule has 1 unspecified atom stereocenters. The maximum absolute atomic E-state index is 12.2. The van der Waals surface area contributed by atoms with Gasteiger partial charge in [0, 0.05) is 24.9 Å². The molecule has 1 atom stereocenters. The number of amides is 2. The first-order valence-corrected chi connectivity index (χ1v) is 8.04. The van der Waals surface area contributed by atoms with Crippen molar-refractivity contribution in [3.63, 3.8) is 0 Å². The summed E-state index contributed by atoms with van der Waals surface area (Å²) in [6, 6.07) is -0.831. The molecule has 0 spiro atoms. The van der Waals surface area contributed by atoms with E-state index in [0.29, 0.717) is 32.4 Å². The summed E-state index contributed by atoms with van der Waals surface area (Å²) in [4.78, 5) is 37.1. The van der Waals surface area contributed by atoms with Gasteiger partial charge in [0.1, 0.15) is 6.04 Å². The Morgan fingerprint density at radius 1 is 1.14 bits per heavy atom. The highest BCUT2D eigenvalue weighted by Gasteiger charge is 2.30. The summed E-state index contributed by atoms with van der Waals surface area (Å²) in [6.07, 6.45) is 1.61. The van der Waals surface area contributed by atoms with E-state index in [0.717, 1.165) is 0 Å². The monoisotopic (exact) mass is 312 g/mol. The SMILES string of the molecule is CC(C)CC(NC(=O)C1CCN(C(=O)C(C)C)CC1)C(=O)O. The topological polar surface area (TPSA) is 86.7 Å². The number of hydrogen-bond acceptors (Lipinski definition) is 3. The van der Waals surface area contributed by atoms with E-state index < -0.39 is 12.0 Å². The van der Waals surface area contributed by atoms with Crippen molar-refractivity contribution in [3.05, 3.63) is 0 Å². The molecular formula is C16H28N2O4. The Kier molecular flexibility index (Phi) is 6.84. The quantitative estimate of drug-likeness (QED) is 0.778. The predicted octanol–water partition coefficient (Wildman–Crippen LogP) is 1.50. The van der Waals surface area contributed by atoms with Crippen LogP contribution in [0.3, 0.4) is 0 Å². The first kappa shape index (κ1) is 18.5. The molecule has 0 aromatic rings. The lowest BCUT2D eigenvalue weighted by molar-refractivity contribution is -0.143. The second kappa shape index (κ2) is 8.15. The summed E-state index contributed by atoms with van der Waals surface area (Å²) < 4.78 is 0. The number of nitrogens with one attached hydrogen (secondary N) is 1. The number of nitrogens with zero attached hydrogens (tertiary/aromatic N) is 1. The Hall–Kier alpha value is -1.59. The summed E-state index contributed by atoms with van der Waals surface area (Å²) in [5, 5.41) is 11.8. The van der Waals surface area contributed by atoms with E-state index in [-0.39, 0.29) is 29.6 Å². The zero-order chi connectivity index (χ0) is 16.9. The first-order chi connectivity index (χ1) is 10.2. The van der Waals surface area contributed by atoms with E-state index in [1.165, 1.54) is 0 Å². The number of likely N-dealkylation sites (tertiary alicyclic amines) is 1. The van der Waals surface area contributed by atoms with Crippen LogP contribution in [-0.2, 0) is 14.4 Å². The average molecular weight is 312 g/mol. The van der Waals surface area contributed by atoms with Crippen LogP contribution >= 0.6 is 0 Å². The van der Waals surface area contributed by atoms with Crippen LogP contribution in [0, 0.1) is 17.8 Å². The maximum Gasteiger partial charge on any atom is 0.326 e. The van der Waals surface area contributed by atoms with E-state index in [2.05, 4.69) is 5.32 Å². The van der Waals surface area contributed by atoms with Gasteiger partial charge in [0.05, 0.1) is 0 Å². The first-order valence-electron chi connectivity index (χ1n) is 8.04. The molecule has 6 nitrogen and oxygen atoms in total. The molecular weight excluding hydrogens is 284 g/mol. The highest BCUT2D eigenvalue weighted by molar-refractivity contribution is 5.85. The van der Waals surface area contributed by atoms with Gasteiger partial charge in [-0.1, -0.05) is 27.7 Å². The number of carboxylic acid groups (broad SMARTS) is 1. The standard InChI is InChI=1S/C16H28N2O4/c1-10(2)9-13(16(21)22)17-14(19)12-5-7-18(8-6-12)15(20)11(3)4/h10-13H,5-9H2,1-4H3,(H,17,19)(H,21,22). The average Bonchev–Trinajstić information content (AvgIpc) is 2.45. The number of aliphatic carboxylic acids is 1. The number of carbonyl (C=O) groups is 3. The van der Waals surface area contributed by atoms with Crippen LogP contribution in [-0.4, -0.2) is 46.9 Å². The third kappa shape index (κ3) is 5.31. The van der Waals surface area contributed by atoms with Gasteiger partial charge in [0.2, 0.25) is 11.8 Å². The van der Waals surface area contributed by atoms with Gasteiger partial charge in [-0.3, -0.25) is 9.59 Å². The number of carboxylic acids is 1. The van der Waals surface area contributed by atoms with E-state index in [1.807, 2.05) is 27.7 Å². The maximum atomic E-state index is 12.2. The molecule has 1 rings (SSSR count). The molecule has 0 aromatic carbocycles. The Morgan fingerprint density at radius 3 is 2.09 bits per heavy atom. The minimum absolute atomic E-state index is 0.0344. The molecule has 1 aliphatic heterocycles. The molecule has 1 heterocycles. The molecule has 1 aliphatic rings. The van der Waals surface area contributed by atoms with Gasteiger partial charge in [-0.2, -0.15) is 0 Å². The van der Waals surface area contributed by atoms with Crippen molar-refractivity contribution in [3.8, 4) is 0 Å². The van der Waals surface area contributed by atoms with E-state index in [4.69, 9.17) is 0 Å². The third-order valence-electron chi connectivity index (χ3n) is 3.99. The van der Waals surface area contributed by atoms with Crippen LogP contribution in [0.2, 0.25) is 0 Å². The predicted molar refractivity (Wildman–Crippen MR) is 83.2 cm³/mol. The number of carbonyl (C=O) groups excluding carboxylic acids is 2. The molecule has 6 heteroatoms. The lowest BCUT2D eigenvalue weighted by Crippen LogP contribution is -2.48. The van der Waals surface area contributed by atoms with Crippen LogP contribution in [0.5, 0.6) is 0 Å². The second-order valence-corrected chi connectivity index (χ2v) is 6.78. The summed E-state index contributed by atoms with van der Waals surface area (Å²) >= 11 is 0. The second-order valence-electron chi connectivity index (χ2n) is 6.78. The van der Waals surface area contributed by atoms with Gasteiger partial charge >= 0.3 is 5.97 Å². The largest absolute Gasteiger partial charge is 0.480 e. The molecule has 0 aromatic heterocycles. The fourth-order valence-electron chi connectivity index (χ4n) is 2.71. The van der Waals surface area contributed by atoms with Crippen molar-refractivity contribution in [2.75, 3.05) is 13.1 Å². The molecule has 2 amide bonds. The van der Waals surface area contributed by atoms with Crippen molar-refractivity contribution < 1.29 is 19.5 Å². The lowest BCUT2D eigenvalue weighted by atomic mass is 9.94. The number of piperidine rings is 1. The van der Waals surface area contributed by atoms with E-state index in [1.54, 1.807) is 4.90 Å². The summed E-state index contributed by atoms with van der Waals surface area (Å²) in [6.45, 7) is 8.72. The molecule has 126 valence electrons. The smallest absolute Gasteiger partial charge is 0.326 e. The Bertz CT molecular complexity index is 412. The molecule has 0 radical (unpaired) electrons. The molecule has 22 heavy (non-hydrogen) atoms. The minimum atomic E-state index is -0.991. The Balaban J connectivity index is 2.51. The van der Waals surface area contributed by atoms with Crippen LogP contribution in [0.25, 0.3) is 0 Å². The van der Waals surface area contributed by atoms with Crippen molar-refractivity contribution in [2.24, 2.45) is 17.8 Å². The fraction of sp³-hybridized carbons (Fsp3) is 0.812. The van der Waals surface area contributed by atoms with Gasteiger partial charge < -0.3 is 15.3 Å². The Morgan fingerprint density at radius 2 is 1.68 bits per heavy atom. The lowest BCUT2D eigenvalue weighted by Gasteiger charge is -2.33. The third-order valence-corrected chi connectivity index (χ3v) is 3.99. The molecule has 1 saturated heterocycles. The highest BCUT2D eigenvalue weighted by atomic mass is 16.4. The van der Waals surface area contributed by atoms with Gasteiger partial charge in [-0.25, -0.2) is 4.79 Å². The Labute approximate surface area is 132 Å². The van der Waals surface area contributed by atoms with Gasteiger partial charge in [-0.05, 0) is 25.2 Å². The summed E-state index contributed by atoms with van der Waals surface area (Å²) in [7, 11) is 0. The minimum Gasteiger partial charge on any atom is -0.480 e. The molecule has 0 saturated carbocycles. The zero-order valence-electron chi connectivity index (χ0n) is 14.0. The van der Waals surface area contributed by atoms with Gasteiger partial charge in [-0.15, -0.1) is 0 Å². The van der Waals surface area contributed by atoms with Crippen LogP contribution in [0.15, 0.2) is 0 Å². The van der Waals surface area contributed by atoms with Crippen molar-refractivity contribution in [1.82, 2.24) is 10.2 Å². The van der Waals surface area contributed by atoms with Crippen LogP contribution < -0.4 is 5.32 Å². The van der Waals surface area contributed by atoms with E-state index >= 15 is 0 Å². The zero-order valence-corrected chi connectivity index (χ0v) is 14.0. The van der Waals surface area contributed by atoms with E-state index in [9.17, 15) is 19.5 Å². The van der Waals surface area contributed by atoms with Crippen LogP contribution in [0.1, 0.15) is 47.0 Å². The highest BCUT2D eigenvalue weighted by Crippen LogP contribution is 2.19. The molecule has 0 bridgehead atoms. The van der Waals surface area contributed by atoms with Gasteiger partial charge in [0.15, 0.2) is 0 Å². The van der Waals surface area contributed by atoms with Gasteiger partial charge in [0.25, 0.3) is 0 Å². The van der Waals surface area contributed by atoms with Crippen molar-refractivity contribution in [1.29, 1.82) is 0 Å².